The van der Waals surface area contributed by atoms with Gasteiger partial charge in [0.15, 0.2) is 0 Å². The number of hydrogen-bond donors (Lipinski definition) is 1. The molecule has 0 aromatic carbocycles. The summed E-state index contributed by atoms with van der Waals surface area (Å²) in [5.41, 5.74) is 0. The lowest BCUT2D eigenvalue weighted by atomic mass is 10.00. The van der Waals surface area contributed by atoms with E-state index in [0.717, 1.165) is 19.4 Å². The summed E-state index contributed by atoms with van der Waals surface area (Å²) in [6.45, 7) is 2.46. The van der Waals surface area contributed by atoms with Gasteiger partial charge in [0.25, 0.3) is 0 Å². The third-order valence-electron chi connectivity index (χ3n) is 2.91. The Kier molecular flexibility index (Phi) is 8.32. The van der Waals surface area contributed by atoms with Crippen LogP contribution in [0.4, 0.5) is 0 Å². The normalized spacial score (nSPS) is 22.1. The van der Waals surface area contributed by atoms with E-state index in [0.29, 0.717) is 19.0 Å². The summed E-state index contributed by atoms with van der Waals surface area (Å²) >= 11 is 0. The maximum atomic E-state index is 11.9. The molecule has 1 N–H and O–H groups in total. The maximum Gasteiger partial charge on any atom is 0.216 e. The molecule has 7 heteroatoms. The monoisotopic (exact) mass is 286 g/mol. The molecule has 0 amide bonds. The van der Waals surface area contributed by atoms with Gasteiger partial charge in [0.05, 0.1) is 12.4 Å². The Hall–Kier alpha value is 0.120. The standard InChI is InChI=1S/C10H22N2O3S.ClH/c1-11-8-10-4-3-5-12(9-10)16(13,14)7-6-15-2;/h10-11H,3-9H2,1-2H3;1H. The predicted molar refractivity (Wildman–Crippen MR) is 71.1 cm³/mol. The Balaban J connectivity index is 0.00000256. The summed E-state index contributed by atoms with van der Waals surface area (Å²) < 4.78 is 30.3. The number of ether oxygens (including phenoxy) is 1. The van der Waals surface area contributed by atoms with Crippen molar-refractivity contribution in [2.24, 2.45) is 5.92 Å². The summed E-state index contributed by atoms with van der Waals surface area (Å²) in [5.74, 6) is 0.534. The van der Waals surface area contributed by atoms with Crippen molar-refractivity contribution < 1.29 is 13.2 Å². The van der Waals surface area contributed by atoms with E-state index in [1.54, 1.807) is 4.31 Å². The molecular formula is C10H23ClN2O3S. The molecule has 0 spiro atoms. The van der Waals surface area contributed by atoms with Crippen molar-refractivity contribution in [2.45, 2.75) is 12.8 Å². The molecule has 104 valence electrons. The van der Waals surface area contributed by atoms with Crippen molar-refractivity contribution >= 4 is 22.4 Å². The number of sulfonamides is 1. The van der Waals surface area contributed by atoms with Gasteiger partial charge in [-0.25, -0.2) is 12.7 Å². The van der Waals surface area contributed by atoms with Gasteiger partial charge < -0.3 is 10.1 Å². The predicted octanol–water partition coefficient (Wildman–Crippen LogP) is 0.316. The maximum absolute atomic E-state index is 11.9. The highest BCUT2D eigenvalue weighted by Gasteiger charge is 2.28. The molecule has 0 aliphatic carbocycles. The van der Waals surface area contributed by atoms with E-state index in [9.17, 15) is 8.42 Å². The van der Waals surface area contributed by atoms with E-state index < -0.39 is 10.0 Å². The Morgan fingerprint density at radius 2 is 2.18 bits per heavy atom. The van der Waals surface area contributed by atoms with Gasteiger partial charge in [0, 0.05) is 20.2 Å². The Morgan fingerprint density at radius 1 is 1.47 bits per heavy atom. The SMILES string of the molecule is CNCC1CCCN(S(=O)(=O)CCOC)C1.Cl. The first-order valence-electron chi connectivity index (χ1n) is 5.71. The van der Waals surface area contributed by atoms with Crippen LogP contribution in [0.25, 0.3) is 0 Å². The Labute approximate surface area is 110 Å². The van der Waals surface area contributed by atoms with Crippen molar-refractivity contribution in [1.82, 2.24) is 9.62 Å². The van der Waals surface area contributed by atoms with Gasteiger partial charge in [-0.2, -0.15) is 0 Å². The van der Waals surface area contributed by atoms with Crippen LogP contribution in [0.5, 0.6) is 0 Å². The van der Waals surface area contributed by atoms with Crippen LogP contribution in [0.15, 0.2) is 0 Å². The van der Waals surface area contributed by atoms with Gasteiger partial charge in [0.2, 0.25) is 10.0 Å². The molecule has 0 aromatic rings. The molecule has 1 rings (SSSR count). The first-order chi connectivity index (χ1) is 7.60. The average molecular weight is 287 g/mol. The quantitative estimate of drug-likeness (QED) is 0.764. The van der Waals surface area contributed by atoms with Crippen LogP contribution < -0.4 is 5.32 Å². The third-order valence-corrected chi connectivity index (χ3v) is 4.71. The van der Waals surface area contributed by atoms with Crippen molar-refractivity contribution in [3.8, 4) is 0 Å². The van der Waals surface area contributed by atoms with Gasteiger partial charge in [0.1, 0.15) is 0 Å². The van der Waals surface area contributed by atoms with Gasteiger partial charge >= 0.3 is 0 Å². The topological polar surface area (TPSA) is 58.6 Å². The lowest BCUT2D eigenvalue weighted by Crippen LogP contribution is -2.43. The van der Waals surface area contributed by atoms with Crippen molar-refractivity contribution in [3.63, 3.8) is 0 Å². The third kappa shape index (κ3) is 5.52. The fourth-order valence-electron chi connectivity index (χ4n) is 2.05. The zero-order valence-electron chi connectivity index (χ0n) is 10.5. The van der Waals surface area contributed by atoms with Crippen LogP contribution in [-0.2, 0) is 14.8 Å². The molecule has 1 aliphatic heterocycles. The number of hydrogen-bond acceptors (Lipinski definition) is 4. The Bertz CT molecular complexity index is 296. The molecule has 1 heterocycles. The smallest absolute Gasteiger partial charge is 0.216 e. The number of piperidine rings is 1. The van der Waals surface area contributed by atoms with E-state index in [1.165, 1.54) is 7.11 Å². The second-order valence-corrected chi connectivity index (χ2v) is 6.32. The highest BCUT2D eigenvalue weighted by Crippen LogP contribution is 2.18. The molecule has 1 unspecified atom stereocenters. The summed E-state index contributed by atoms with van der Waals surface area (Å²) in [4.78, 5) is 0. The number of nitrogens with zero attached hydrogens (tertiary/aromatic N) is 1. The molecule has 0 radical (unpaired) electrons. The first kappa shape index (κ1) is 17.1. The highest BCUT2D eigenvalue weighted by atomic mass is 35.5. The summed E-state index contributed by atoms with van der Waals surface area (Å²) in [5, 5.41) is 3.11. The van der Waals surface area contributed by atoms with Gasteiger partial charge in [-0.3, -0.25) is 0 Å². The molecule has 0 aromatic heterocycles. The van der Waals surface area contributed by atoms with Crippen LogP contribution in [-0.4, -0.2) is 58.9 Å². The van der Waals surface area contributed by atoms with E-state index >= 15 is 0 Å². The summed E-state index contributed by atoms with van der Waals surface area (Å²) in [6, 6.07) is 0. The number of rotatable bonds is 6. The molecule has 1 atom stereocenters. The fraction of sp³-hybridized carbons (Fsp3) is 1.00. The average Bonchev–Trinajstić information content (AvgIpc) is 2.27. The van der Waals surface area contributed by atoms with Gasteiger partial charge in [-0.1, -0.05) is 0 Å². The summed E-state index contributed by atoms with van der Waals surface area (Å²) in [6.07, 6.45) is 2.07. The molecule has 0 bridgehead atoms. The second-order valence-electron chi connectivity index (χ2n) is 4.23. The zero-order valence-corrected chi connectivity index (χ0v) is 12.1. The minimum Gasteiger partial charge on any atom is -0.384 e. The molecule has 5 nitrogen and oxygen atoms in total. The van der Waals surface area contributed by atoms with Crippen molar-refractivity contribution in [3.05, 3.63) is 0 Å². The summed E-state index contributed by atoms with van der Waals surface area (Å²) in [7, 11) is 0.308. The van der Waals surface area contributed by atoms with E-state index in [1.807, 2.05) is 7.05 Å². The number of nitrogens with one attached hydrogen (secondary N) is 1. The van der Waals surface area contributed by atoms with Crippen LogP contribution in [0.3, 0.4) is 0 Å². The van der Waals surface area contributed by atoms with Crippen LogP contribution >= 0.6 is 12.4 Å². The Morgan fingerprint density at radius 3 is 2.76 bits per heavy atom. The van der Waals surface area contributed by atoms with E-state index in [4.69, 9.17) is 4.74 Å². The molecule has 1 aliphatic rings. The molecular weight excluding hydrogens is 264 g/mol. The first-order valence-corrected chi connectivity index (χ1v) is 7.32. The number of halogens is 1. The van der Waals surface area contributed by atoms with Crippen molar-refractivity contribution in [1.29, 1.82) is 0 Å². The number of methoxy groups -OCH3 is 1. The van der Waals surface area contributed by atoms with Crippen LogP contribution in [0, 0.1) is 5.92 Å². The van der Waals surface area contributed by atoms with Crippen LogP contribution in [0.2, 0.25) is 0 Å². The molecule has 1 fully saturated rings. The van der Waals surface area contributed by atoms with Gasteiger partial charge in [-0.05, 0) is 32.4 Å². The zero-order chi connectivity index (χ0) is 12.0. The van der Waals surface area contributed by atoms with Gasteiger partial charge in [-0.15, -0.1) is 12.4 Å². The lowest BCUT2D eigenvalue weighted by Gasteiger charge is -2.31. The lowest BCUT2D eigenvalue weighted by molar-refractivity contribution is 0.212. The van der Waals surface area contributed by atoms with Crippen LogP contribution in [0.1, 0.15) is 12.8 Å². The molecule has 1 saturated heterocycles. The fourth-order valence-corrected chi connectivity index (χ4v) is 3.53. The molecule has 17 heavy (non-hydrogen) atoms. The largest absolute Gasteiger partial charge is 0.384 e. The highest BCUT2D eigenvalue weighted by molar-refractivity contribution is 7.89. The minimum absolute atomic E-state index is 0. The van der Waals surface area contributed by atoms with E-state index in [2.05, 4.69) is 5.32 Å². The van der Waals surface area contributed by atoms with Crippen molar-refractivity contribution in [2.75, 3.05) is 46.2 Å². The second kappa shape index (κ2) is 8.26. The minimum atomic E-state index is -3.12. The molecule has 0 saturated carbocycles. The van der Waals surface area contributed by atoms with E-state index in [-0.39, 0.29) is 24.8 Å².